The highest BCUT2D eigenvalue weighted by atomic mass is 32.1. The number of hydrogen-bond acceptors (Lipinski definition) is 4. The van der Waals surface area contributed by atoms with Gasteiger partial charge in [0.05, 0.1) is 4.88 Å². The maximum atomic E-state index is 12.0. The summed E-state index contributed by atoms with van der Waals surface area (Å²) in [7, 11) is 0. The van der Waals surface area contributed by atoms with Crippen molar-refractivity contribution in [2.75, 3.05) is 13.2 Å². The molecule has 3 unspecified atom stereocenters. The first-order chi connectivity index (χ1) is 10.1. The van der Waals surface area contributed by atoms with Crippen LogP contribution >= 0.6 is 11.3 Å². The van der Waals surface area contributed by atoms with Gasteiger partial charge >= 0.3 is 0 Å². The summed E-state index contributed by atoms with van der Waals surface area (Å²) in [6.07, 6.45) is 3.18. The van der Waals surface area contributed by atoms with Crippen molar-refractivity contribution in [2.45, 2.75) is 32.2 Å². The molecule has 5 nitrogen and oxygen atoms in total. The van der Waals surface area contributed by atoms with Gasteiger partial charge in [-0.15, -0.1) is 11.3 Å². The van der Waals surface area contributed by atoms with Gasteiger partial charge in [-0.05, 0) is 43.0 Å². The molecule has 0 radical (unpaired) electrons. The van der Waals surface area contributed by atoms with Gasteiger partial charge in [-0.1, -0.05) is 12.5 Å². The zero-order valence-electron chi connectivity index (χ0n) is 12.2. The molecular weight excluding hydrogens is 288 g/mol. The standard InChI is InChI=1S/C15H22N2O3S/c1-10(17-15(20)13-6-3-7-21-13)14(19)16-8-11-4-2-5-12(11)9-18/h3,6-7,10-12,18H,2,4-5,8-9H2,1H3,(H,16,19)(H,17,20). The van der Waals surface area contributed by atoms with Gasteiger partial charge in [0, 0.05) is 13.2 Å². The Bertz CT molecular complexity index is 475. The Kier molecular flexibility index (Phi) is 5.76. The second-order valence-electron chi connectivity index (χ2n) is 5.55. The summed E-state index contributed by atoms with van der Waals surface area (Å²) in [5, 5.41) is 16.7. The molecular formula is C15H22N2O3S. The Morgan fingerprint density at radius 1 is 1.43 bits per heavy atom. The summed E-state index contributed by atoms with van der Waals surface area (Å²) in [4.78, 5) is 24.5. The first kappa shape index (κ1) is 16.0. The molecule has 0 aliphatic heterocycles. The van der Waals surface area contributed by atoms with Crippen LogP contribution in [0.25, 0.3) is 0 Å². The van der Waals surface area contributed by atoms with Gasteiger partial charge in [0.1, 0.15) is 6.04 Å². The molecule has 1 aromatic heterocycles. The van der Waals surface area contributed by atoms with Crippen LogP contribution in [0.4, 0.5) is 0 Å². The van der Waals surface area contributed by atoms with E-state index >= 15 is 0 Å². The van der Waals surface area contributed by atoms with E-state index < -0.39 is 6.04 Å². The molecule has 1 saturated carbocycles. The Labute approximate surface area is 128 Å². The Balaban J connectivity index is 1.76. The molecule has 3 N–H and O–H groups in total. The van der Waals surface area contributed by atoms with E-state index in [2.05, 4.69) is 10.6 Å². The Morgan fingerprint density at radius 2 is 2.19 bits per heavy atom. The largest absolute Gasteiger partial charge is 0.396 e. The highest BCUT2D eigenvalue weighted by Crippen LogP contribution is 2.30. The maximum absolute atomic E-state index is 12.0. The fourth-order valence-corrected chi connectivity index (χ4v) is 3.38. The molecule has 1 aliphatic carbocycles. The molecule has 0 bridgehead atoms. The lowest BCUT2D eigenvalue weighted by atomic mass is 9.97. The van der Waals surface area contributed by atoms with Crippen LogP contribution in [-0.4, -0.2) is 36.1 Å². The minimum absolute atomic E-state index is 0.177. The molecule has 1 fully saturated rings. The fourth-order valence-electron chi connectivity index (χ4n) is 2.75. The zero-order valence-corrected chi connectivity index (χ0v) is 13.0. The maximum Gasteiger partial charge on any atom is 0.261 e. The van der Waals surface area contributed by atoms with E-state index in [0.717, 1.165) is 19.3 Å². The average molecular weight is 310 g/mol. The summed E-state index contributed by atoms with van der Waals surface area (Å²) in [5.41, 5.74) is 0. The molecule has 2 rings (SSSR count). The minimum Gasteiger partial charge on any atom is -0.396 e. The first-order valence-electron chi connectivity index (χ1n) is 7.34. The second kappa shape index (κ2) is 7.56. The van der Waals surface area contributed by atoms with Crippen molar-refractivity contribution in [3.8, 4) is 0 Å². The summed E-state index contributed by atoms with van der Waals surface area (Å²) in [6.45, 7) is 2.44. The van der Waals surface area contributed by atoms with Gasteiger partial charge in [0.25, 0.3) is 5.91 Å². The highest BCUT2D eigenvalue weighted by Gasteiger charge is 2.27. The number of carbonyl (C=O) groups excluding carboxylic acids is 2. The molecule has 1 aromatic rings. The summed E-state index contributed by atoms with van der Waals surface area (Å²) in [5.74, 6) is 0.241. The van der Waals surface area contributed by atoms with Crippen molar-refractivity contribution >= 4 is 23.2 Å². The lowest BCUT2D eigenvalue weighted by Crippen LogP contribution is -2.46. The van der Waals surface area contributed by atoms with Crippen molar-refractivity contribution in [3.05, 3.63) is 22.4 Å². The van der Waals surface area contributed by atoms with Crippen LogP contribution in [0.5, 0.6) is 0 Å². The monoisotopic (exact) mass is 310 g/mol. The van der Waals surface area contributed by atoms with E-state index in [9.17, 15) is 14.7 Å². The number of aliphatic hydroxyl groups is 1. The number of rotatable bonds is 6. The van der Waals surface area contributed by atoms with Crippen LogP contribution in [0.1, 0.15) is 35.9 Å². The lowest BCUT2D eigenvalue weighted by Gasteiger charge is -2.19. The quantitative estimate of drug-likeness (QED) is 0.743. The van der Waals surface area contributed by atoms with Crippen LogP contribution in [0.3, 0.4) is 0 Å². The van der Waals surface area contributed by atoms with E-state index in [-0.39, 0.29) is 18.4 Å². The van der Waals surface area contributed by atoms with Crippen molar-refractivity contribution in [3.63, 3.8) is 0 Å². The molecule has 116 valence electrons. The van der Waals surface area contributed by atoms with Crippen molar-refractivity contribution in [1.82, 2.24) is 10.6 Å². The predicted molar refractivity (Wildman–Crippen MR) is 82.2 cm³/mol. The van der Waals surface area contributed by atoms with Gasteiger partial charge in [-0.25, -0.2) is 0 Å². The number of hydrogen-bond donors (Lipinski definition) is 3. The fraction of sp³-hybridized carbons (Fsp3) is 0.600. The van der Waals surface area contributed by atoms with Gasteiger partial charge in [-0.3, -0.25) is 9.59 Å². The smallest absolute Gasteiger partial charge is 0.261 e. The van der Waals surface area contributed by atoms with Gasteiger partial charge < -0.3 is 15.7 Å². The minimum atomic E-state index is -0.562. The Morgan fingerprint density at radius 3 is 2.86 bits per heavy atom. The molecule has 2 amide bonds. The lowest BCUT2D eigenvalue weighted by molar-refractivity contribution is -0.122. The van der Waals surface area contributed by atoms with Gasteiger partial charge in [0.2, 0.25) is 5.91 Å². The average Bonchev–Trinajstić information content (AvgIpc) is 3.15. The number of aliphatic hydroxyl groups excluding tert-OH is 1. The summed E-state index contributed by atoms with van der Waals surface area (Å²) in [6, 6.07) is 2.97. The van der Waals surface area contributed by atoms with E-state index in [4.69, 9.17) is 0 Å². The molecule has 0 saturated heterocycles. The number of carbonyl (C=O) groups is 2. The van der Waals surface area contributed by atoms with Gasteiger partial charge in [0.15, 0.2) is 0 Å². The predicted octanol–water partition coefficient (Wildman–Crippen LogP) is 1.39. The molecule has 3 atom stereocenters. The second-order valence-corrected chi connectivity index (χ2v) is 6.50. The van der Waals surface area contributed by atoms with Crippen molar-refractivity contribution < 1.29 is 14.7 Å². The third-order valence-corrected chi connectivity index (χ3v) is 4.94. The van der Waals surface area contributed by atoms with Crippen molar-refractivity contribution in [1.29, 1.82) is 0 Å². The first-order valence-corrected chi connectivity index (χ1v) is 8.22. The zero-order chi connectivity index (χ0) is 15.2. The van der Waals surface area contributed by atoms with Crippen LogP contribution < -0.4 is 10.6 Å². The third-order valence-electron chi connectivity index (χ3n) is 4.08. The SMILES string of the molecule is CC(NC(=O)c1cccs1)C(=O)NCC1CCCC1CO. The molecule has 0 spiro atoms. The van der Waals surface area contributed by atoms with E-state index in [0.29, 0.717) is 23.3 Å². The van der Waals surface area contributed by atoms with Gasteiger partial charge in [-0.2, -0.15) is 0 Å². The summed E-state index contributed by atoms with van der Waals surface area (Å²) < 4.78 is 0. The summed E-state index contributed by atoms with van der Waals surface area (Å²) >= 11 is 1.35. The highest BCUT2D eigenvalue weighted by molar-refractivity contribution is 7.12. The molecule has 0 aromatic carbocycles. The van der Waals surface area contributed by atoms with Crippen LogP contribution in [0.2, 0.25) is 0 Å². The molecule has 6 heteroatoms. The molecule has 1 aliphatic rings. The topological polar surface area (TPSA) is 78.4 Å². The van der Waals surface area contributed by atoms with Crippen LogP contribution in [0, 0.1) is 11.8 Å². The van der Waals surface area contributed by atoms with E-state index in [1.807, 2.05) is 5.38 Å². The Hall–Kier alpha value is -1.40. The number of nitrogens with one attached hydrogen (secondary N) is 2. The van der Waals surface area contributed by atoms with Crippen molar-refractivity contribution in [2.24, 2.45) is 11.8 Å². The van der Waals surface area contributed by atoms with Crippen LogP contribution in [-0.2, 0) is 4.79 Å². The normalized spacial score (nSPS) is 22.8. The van der Waals surface area contributed by atoms with E-state index in [1.165, 1.54) is 11.3 Å². The number of amides is 2. The molecule has 1 heterocycles. The number of thiophene rings is 1. The third kappa shape index (κ3) is 4.28. The molecule has 21 heavy (non-hydrogen) atoms. The van der Waals surface area contributed by atoms with Crippen LogP contribution in [0.15, 0.2) is 17.5 Å². The van der Waals surface area contributed by atoms with E-state index in [1.54, 1.807) is 19.1 Å².